The van der Waals surface area contributed by atoms with E-state index in [1.807, 2.05) is 0 Å². The number of nitrogens with one attached hydrogen (secondary N) is 1. The number of halogens is 4. The molecule has 0 unspecified atom stereocenters. The Labute approximate surface area is 133 Å². The van der Waals surface area contributed by atoms with Crippen LogP contribution in [0.25, 0.3) is 0 Å². The second kappa shape index (κ2) is 6.64. The normalized spacial score (nSPS) is 11.9. The number of amides is 1. The van der Waals surface area contributed by atoms with Crippen molar-refractivity contribution in [3.63, 3.8) is 0 Å². The smallest absolute Gasteiger partial charge is 0.390 e. The lowest BCUT2D eigenvalue weighted by molar-refractivity contribution is -0.141. The van der Waals surface area contributed by atoms with E-state index >= 15 is 0 Å². The minimum absolute atomic E-state index is 0.0225. The Hall–Kier alpha value is -2.98. The van der Waals surface area contributed by atoms with Crippen molar-refractivity contribution in [2.75, 3.05) is 5.32 Å². The number of nitrogens with two attached hydrogens (primary N) is 1. The minimum Gasteiger partial charge on any atom is -0.390 e. The third kappa shape index (κ3) is 4.06. The van der Waals surface area contributed by atoms with E-state index in [1.165, 1.54) is 6.92 Å². The lowest BCUT2D eigenvalue weighted by Gasteiger charge is -2.07. The van der Waals surface area contributed by atoms with Gasteiger partial charge in [-0.3, -0.25) is 9.48 Å². The molecule has 0 aliphatic rings. The van der Waals surface area contributed by atoms with Gasteiger partial charge in [0.15, 0.2) is 17.3 Å². The highest BCUT2D eigenvalue weighted by molar-refractivity contribution is 5.90. The molecule has 0 spiro atoms. The van der Waals surface area contributed by atoms with Gasteiger partial charge in [0.05, 0.1) is 18.2 Å². The number of nitrogens with zero attached hydrogens (tertiary/aromatic N) is 4. The highest BCUT2D eigenvalue weighted by atomic mass is 19.4. The van der Waals surface area contributed by atoms with Gasteiger partial charge in [-0.05, 0) is 13.0 Å². The first-order valence-corrected chi connectivity index (χ1v) is 6.52. The molecule has 2 aromatic rings. The second-order valence-electron chi connectivity index (χ2n) is 4.68. The maximum atomic E-state index is 13.6. The number of hydrogen-bond acceptors (Lipinski definition) is 4. The second-order valence-corrected chi connectivity index (χ2v) is 4.68. The van der Waals surface area contributed by atoms with Crippen LogP contribution in [0, 0.1) is 12.7 Å². The van der Waals surface area contributed by atoms with E-state index in [1.54, 1.807) is 0 Å². The number of rotatable bonds is 4. The van der Waals surface area contributed by atoms with Crippen LogP contribution in [-0.4, -0.2) is 27.0 Å². The van der Waals surface area contributed by atoms with E-state index in [2.05, 4.69) is 20.4 Å². The fourth-order valence-corrected chi connectivity index (χ4v) is 1.81. The van der Waals surface area contributed by atoms with E-state index < -0.39 is 30.1 Å². The molecule has 0 fully saturated rings. The first-order valence-electron chi connectivity index (χ1n) is 6.52. The number of aryl methyl sites for hydroxylation is 1. The largest absolute Gasteiger partial charge is 0.435 e. The average Bonchev–Trinajstić information content (AvgIpc) is 2.83. The van der Waals surface area contributed by atoms with Crippen LogP contribution in [-0.2, 0) is 17.5 Å². The fourth-order valence-electron chi connectivity index (χ4n) is 1.81. The van der Waals surface area contributed by atoms with Crippen molar-refractivity contribution in [1.82, 2.24) is 14.8 Å². The lowest BCUT2D eigenvalue weighted by Crippen LogP contribution is -2.21. The van der Waals surface area contributed by atoms with Crippen LogP contribution >= 0.6 is 0 Å². The van der Waals surface area contributed by atoms with Crippen LogP contribution in [0.2, 0.25) is 0 Å². The zero-order valence-corrected chi connectivity index (χ0v) is 12.3. The predicted octanol–water partition coefficient (Wildman–Crippen LogP) is 2.00. The molecule has 2 heterocycles. The summed E-state index contributed by atoms with van der Waals surface area (Å²) in [4.78, 5) is 19.0. The van der Waals surface area contributed by atoms with Crippen LogP contribution in [0.4, 0.5) is 29.1 Å². The van der Waals surface area contributed by atoms with Crippen molar-refractivity contribution in [3.8, 4) is 0 Å². The minimum atomic E-state index is -4.60. The molecule has 0 saturated carbocycles. The fraction of sp³-hybridized carbons (Fsp3) is 0.231. The van der Waals surface area contributed by atoms with Gasteiger partial charge in [0.1, 0.15) is 6.54 Å². The van der Waals surface area contributed by atoms with Gasteiger partial charge in [0.2, 0.25) is 5.91 Å². The SMILES string of the molecule is Cc1cc(C(F)(F)F)nn1CC(=O)Nc1cnc(/N=C/N)c(F)c1. The Kier molecular flexibility index (Phi) is 4.81. The molecule has 128 valence electrons. The maximum absolute atomic E-state index is 13.6. The van der Waals surface area contributed by atoms with Crippen molar-refractivity contribution in [2.24, 2.45) is 10.7 Å². The molecule has 3 N–H and O–H groups in total. The summed E-state index contributed by atoms with van der Waals surface area (Å²) in [6, 6.07) is 1.79. The highest BCUT2D eigenvalue weighted by Gasteiger charge is 2.34. The molecule has 0 aliphatic heterocycles. The van der Waals surface area contributed by atoms with E-state index in [0.717, 1.165) is 29.3 Å². The summed E-state index contributed by atoms with van der Waals surface area (Å²) in [6.45, 7) is 0.919. The standard InChI is InChI=1S/C13H12F4N6O/c1-7-2-10(13(15,16)17)22-23(7)5-11(24)21-8-3-9(14)12(19-4-8)20-6-18/h2-4,6H,5H2,1H3,(H,21,24)(H2,18,19,20). The molecular weight excluding hydrogens is 332 g/mol. The third-order valence-electron chi connectivity index (χ3n) is 2.87. The summed E-state index contributed by atoms with van der Waals surface area (Å²) in [6.07, 6.45) is -2.60. The van der Waals surface area contributed by atoms with Gasteiger partial charge < -0.3 is 11.1 Å². The third-order valence-corrected chi connectivity index (χ3v) is 2.87. The average molecular weight is 344 g/mol. The number of anilines is 1. The van der Waals surface area contributed by atoms with Crippen molar-refractivity contribution in [3.05, 3.63) is 35.5 Å². The molecule has 0 radical (unpaired) electrons. The molecule has 2 aromatic heterocycles. The number of hydrogen-bond donors (Lipinski definition) is 2. The van der Waals surface area contributed by atoms with Crippen molar-refractivity contribution >= 4 is 23.8 Å². The number of alkyl halides is 3. The Morgan fingerprint density at radius 2 is 2.17 bits per heavy atom. The first-order chi connectivity index (χ1) is 11.2. The van der Waals surface area contributed by atoms with Gasteiger partial charge in [-0.15, -0.1) is 0 Å². The number of pyridine rings is 1. The summed E-state index contributed by atoms with van der Waals surface area (Å²) in [5.41, 5.74) is 4.11. The maximum Gasteiger partial charge on any atom is 0.435 e. The van der Waals surface area contributed by atoms with Crippen LogP contribution in [0.1, 0.15) is 11.4 Å². The lowest BCUT2D eigenvalue weighted by atomic mass is 10.3. The number of aliphatic imine (C=N–C) groups is 1. The van der Waals surface area contributed by atoms with Crippen molar-refractivity contribution in [2.45, 2.75) is 19.6 Å². The zero-order chi connectivity index (χ0) is 17.9. The Morgan fingerprint density at radius 1 is 1.46 bits per heavy atom. The summed E-state index contributed by atoms with van der Waals surface area (Å²) < 4.78 is 52.2. The first kappa shape index (κ1) is 17.4. The Balaban J connectivity index is 2.09. The molecule has 0 atom stereocenters. The van der Waals surface area contributed by atoms with Crippen LogP contribution in [0.15, 0.2) is 23.3 Å². The summed E-state index contributed by atoms with van der Waals surface area (Å²) in [7, 11) is 0. The molecule has 0 aromatic carbocycles. The Bertz CT molecular complexity index is 783. The van der Waals surface area contributed by atoms with Crippen molar-refractivity contribution < 1.29 is 22.4 Å². The van der Waals surface area contributed by atoms with Crippen molar-refractivity contribution in [1.29, 1.82) is 0 Å². The molecule has 2 rings (SSSR count). The van der Waals surface area contributed by atoms with Crippen LogP contribution < -0.4 is 11.1 Å². The van der Waals surface area contributed by atoms with Gasteiger partial charge >= 0.3 is 6.18 Å². The summed E-state index contributed by atoms with van der Waals surface area (Å²) in [5.74, 6) is -1.76. The monoisotopic (exact) mass is 344 g/mol. The number of carbonyl (C=O) groups is 1. The zero-order valence-electron chi connectivity index (χ0n) is 12.3. The van der Waals surface area contributed by atoms with E-state index in [0.29, 0.717) is 0 Å². The highest BCUT2D eigenvalue weighted by Crippen LogP contribution is 2.28. The van der Waals surface area contributed by atoms with E-state index in [-0.39, 0.29) is 17.2 Å². The molecular formula is C13H12F4N6O. The molecule has 11 heteroatoms. The molecule has 0 aliphatic carbocycles. The quantitative estimate of drug-likeness (QED) is 0.503. The van der Waals surface area contributed by atoms with Crippen LogP contribution in [0.5, 0.6) is 0 Å². The topological polar surface area (TPSA) is 98.2 Å². The Morgan fingerprint density at radius 3 is 2.71 bits per heavy atom. The molecule has 0 saturated heterocycles. The van der Waals surface area contributed by atoms with Gasteiger partial charge in [0, 0.05) is 11.8 Å². The van der Waals surface area contributed by atoms with Gasteiger partial charge in [-0.1, -0.05) is 0 Å². The van der Waals surface area contributed by atoms with E-state index in [4.69, 9.17) is 5.73 Å². The van der Waals surface area contributed by atoms with Gasteiger partial charge in [0.25, 0.3) is 0 Å². The molecule has 24 heavy (non-hydrogen) atoms. The van der Waals surface area contributed by atoms with Gasteiger partial charge in [-0.25, -0.2) is 14.4 Å². The van der Waals surface area contributed by atoms with Gasteiger partial charge in [-0.2, -0.15) is 18.3 Å². The molecule has 1 amide bonds. The summed E-state index contributed by atoms with van der Waals surface area (Å²) >= 11 is 0. The summed E-state index contributed by atoms with van der Waals surface area (Å²) in [5, 5.41) is 5.64. The number of aromatic nitrogens is 3. The van der Waals surface area contributed by atoms with Crippen LogP contribution in [0.3, 0.4) is 0 Å². The molecule has 7 nitrogen and oxygen atoms in total. The number of carbonyl (C=O) groups excluding carboxylic acids is 1. The predicted molar refractivity (Wildman–Crippen MR) is 77.1 cm³/mol. The van der Waals surface area contributed by atoms with E-state index in [9.17, 15) is 22.4 Å². The molecule has 0 bridgehead atoms.